The van der Waals surface area contributed by atoms with Gasteiger partial charge in [0.1, 0.15) is 6.61 Å². The number of anilines is 1. The lowest BCUT2D eigenvalue weighted by Crippen LogP contribution is -2.30. The summed E-state index contributed by atoms with van der Waals surface area (Å²) in [5, 5.41) is 3.50. The van der Waals surface area contributed by atoms with Crippen LogP contribution in [-0.2, 0) is 15.5 Å². The highest BCUT2D eigenvalue weighted by Crippen LogP contribution is 2.23. The summed E-state index contributed by atoms with van der Waals surface area (Å²) in [4.78, 5) is 13.2. The molecule has 1 aliphatic heterocycles. The van der Waals surface area contributed by atoms with Crippen molar-refractivity contribution in [3.05, 3.63) is 29.8 Å². The van der Waals surface area contributed by atoms with Crippen molar-refractivity contribution < 1.29 is 13.7 Å². The van der Waals surface area contributed by atoms with Gasteiger partial charge in [0, 0.05) is 40.6 Å². The molecule has 0 radical (unpaired) electrons. The Hall–Kier alpha value is -1.40. The minimum absolute atomic E-state index is 0.115. The van der Waals surface area contributed by atoms with Gasteiger partial charge < -0.3 is 10.1 Å². The highest BCUT2D eigenvalue weighted by molar-refractivity contribution is 7.84. The van der Waals surface area contributed by atoms with Crippen LogP contribution in [0.25, 0.3) is 0 Å². The number of benzene rings is 1. The van der Waals surface area contributed by atoms with E-state index < -0.39 is 10.8 Å². The van der Waals surface area contributed by atoms with Crippen molar-refractivity contribution in [2.45, 2.75) is 25.1 Å². The first-order valence-corrected chi connectivity index (χ1v) is 8.71. The van der Waals surface area contributed by atoms with Crippen LogP contribution in [0, 0.1) is 0 Å². The van der Waals surface area contributed by atoms with E-state index in [-0.39, 0.29) is 17.4 Å². The molecule has 1 saturated heterocycles. The second kappa shape index (κ2) is 7.04. The molecule has 3 unspecified atom stereocenters. The van der Waals surface area contributed by atoms with Crippen molar-refractivity contribution >= 4 is 22.6 Å². The van der Waals surface area contributed by atoms with Crippen molar-refractivity contribution in [1.29, 1.82) is 0 Å². The molecular formula is C15H22N2O3S. The van der Waals surface area contributed by atoms with Gasteiger partial charge in [-0.3, -0.25) is 9.11 Å². The minimum Gasteiger partial charge on any atom is -0.447 e. The third-order valence-corrected chi connectivity index (χ3v) is 5.02. The molecule has 1 fully saturated rings. The van der Waals surface area contributed by atoms with Gasteiger partial charge in [0.05, 0.1) is 6.54 Å². The predicted octanol–water partition coefficient (Wildman–Crippen LogP) is 2.06. The molecule has 6 heteroatoms. The molecule has 1 aromatic carbocycles. The van der Waals surface area contributed by atoms with E-state index in [2.05, 4.69) is 12.2 Å². The van der Waals surface area contributed by atoms with Crippen LogP contribution in [0.5, 0.6) is 0 Å². The summed E-state index contributed by atoms with van der Waals surface area (Å²) in [6.07, 6.45) is 1.43. The number of cyclic esters (lactones) is 1. The number of carbonyl (C=O) groups is 1. The van der Waals surface area contributed by atoms with E-state index in [1.54, 1.807) is 11.2 Å². The zero-order valence-corrected chi connectivity index (χ0v) is 13.5. The molecule has 1 N–H and O–H groups in total. The molecule has 1 amide bonds. The van der Waals surface area contributed by atoms with Crippen LogP contribution in [0.2, 0.25) is 0 Å². The summed E-state index contributed by atoms with van der Waals surface area (Å²) in [6, 6.07) is 8.01. The van der Waals surface area contributed by atoms with Gasteiger partial charge in [-0.25, -0.2) is 4.79 Å². The van der Waals surface area contributed by atoms with Crippen LogP contribution in [0.3, 0.4) is 0 Å². The Bertz CT molecular complexity index is 535. The molecule has 5 nitrogen and oxygen atoms in total. The van der Waals surface area contributed by atoms with Crippen LogP contribution in [0.15, 0.2) is 24.3 Å². The largest absolute Gasteiger partial charge is 0.447 e. The number of rotatable bonds is 6. The molecule has 1 aliphatic rings. The molecular weight excluding hydrogens is 288 g/mol. The van der Waals surface area contributed by atoms with Gasteiger partial charge in [0.25, 0.3) is 0 Å². The lowest BCUT2D eigenvalue weighted by atomic mass is 10.1. The Kier molecular flexibility index (Phi) is 5.36. The first-order valence-electron chi connectivity index (χ1n) is 7.09. The fraction of sp³-hybridized carbons (Fsp3) is 0.533. The van der Waals surface area contributed by atoms with Crippen LogP contribution >= 0.6 is 0 Å². The Morgan fingerprint density at radius 1 is 1.43 bits per heavy atom. The Morgan fingerprint density at radius 3 is 2.81 bits per heavy atom. The summed E-state index contributed by atoms with van der Waals surface area (Å²) >= 11 is 0. The fourth-order valence-electron chi connectivity index (χ4n) is 2.17. The molecule has 116 valence electrons. The third kappa shape index (κ3) is 4.04. The normalized spacial score (nSPS) is 19.2. The topological polar surface area (TPSA) is 58.6 Å². The first-order chi connectivity index (χ1) is 9.99. The standard InChI is InChI=1S/C15H22N2O3S/c1-11(21(3)19)10-16-12(2)13-5-4-6-14(9-13)17-7-8-20-15(17)18/h4-6,9,11-12,16H,7-8,10H2,1-3H3. The van der Waals surface area contributed by atoms with Gasteiger partial charge in [-0.1, -0.05) is 12.1 Å². The summed E-state index contributed by atoms with van der Waals surface area (Å²) in [5.74, 6) is 0. The maximum Gasteiger partial charge on any atom is 0.414 e. The number of hydrogen-bond donors (Lipinski definition) is 1. The van der Waals surface area contributed by atoms with Gasteiger partial charge in [-0.05, 0) is 31.5 Å². The molecule has 0 spiro atoms. The molecule has 0 aliphatic carbocycles. The average Bonchev–Trinajstić information content (AvgIpc) is 2.90. The zero-order valence-electron chi connectivity index (χ0n) is 12.7. The Balaban J connectivity index is 2.03. The van der Waals surface area contributed by atoms with Crippen LogP contribution < -0.4 is 10.2 Å². The zero-order chi connectivity index (χ0) is 15.4. The second-order valence-electron chi connectivity index (χ2n) is 5.30. The second-order valence-corrected chi connectivity index (χ2v) is 7.10. The Morgan fingerprint density at radius 2 is 2.19 bits per heavy atom. The van der Waals surface area contributed by atoms with Gasteiger partial charge >= 0.3 is 6.09 Å². The van der Waals surface area contributed by atoms with E-state index in [0.29, 0.717) is 19.7 Å². The van der Waals surface area contributed by atoms with E-state index in [0.717, 1.165) is 11.3 Å². The molecule has 2 rings (SSSR count). The molecule has 3 atom stereocenters. The van der Waals surface area contributed by atoms with Crippen molar-refractivity contribution in [3.63, 3.8) is 0 Å². The lowest BCUT2D eigenvalue weighted by Gasteiger charge is -2.19. The van der Waals surface area contributed by atoms with E-state index in [9.17, 15) is 9.00 Å². The van der Waals surface area contributed by atoms with Crippen LogP contribution in [0.1, 0.15) is 25.5 Å². The smallest absolute Gasteiger partial charge is 0.414 e. The fourth-order valence-corrected chi connectivity index (χ4v) is 2.50. The summed E-state index contributed by atoms with van der Waals surface area (Å²) in [5.41, 5.74) is 1.96. The van der Waals surface area contributed by atoms with E-state index >= 15 is 0 Å². The minimum atomic E-state index is -0.826. The summed E-state index contributed by atoms with van der Waals surface area (Å²) in [6.45, 7) is 5.76. The number of carbonyl (C=O) groups excluding carboxylic acids is 1. The number of hydrogen-bond acceptors (Lipinski definition) is 4. The lowest BCUT2D eigenvalue weighted by molar-refractivity contribution is 0.181. The van der Waals surface area contributed by atoms with Crippen LogP contribution in [0.4, 0.5) is 10.5 Å². The van der Waals surface area contributed by atoms with Gasteiger partial charge in [-0.15, -0.1) is 0 Å². The molecule has 0 saturated carbocycles. The van der Waals surface area contributed by atoms with Crippen molar-refractivity contribution in [3.8, 4) is 0 Å². The summed E-state index contributed by atoms with van der Waals surface area (Å²) in [7, 11) is -0.826. The highest BCUT2D eigenvalue weighted by Gasteiger charge is 2.23. The number of amides is 1. The quantitative estimate of drug-likeness (QED) is 0.874. The average molecular weight is 310 g/mol. The van der Waals surface area contributed by atoms with Gasteiger partial charge in [0.15, 0.2) is 0 Å². The summed E-state index contributed by atoms with van der Waals surface area (Å²) < 4.78 is 16.3. The molecule has 1 heterocycles. The molecule has 21 heavy (non-hydrogen) atoms. The monoisotopic (exact) mass is 310 g/mol. The maximum absolute atomic E-state index is 11.6. The van der Waals surface area contributed by atoms with Gasteiger partial charge in [0.2, 0.25) is 0 Å². The van der Waals surface area contributed by atoms with E-state index in [1.165, 1.54) is 0 Å². The number of nitrogens with one attached hydrogen (secondary N) is 1. The van der Waals surface area contributed by atoms with E-state index in [4.69, 9.17) is 4.74 Å². The van der Waals surface area contributed by atoms with E-state index in [1.807, 2.05) is 31.2 Å². The number of ether oxygens (including phenoxy) is 1. The molecule has 0 aromatic heterocycles. The van der Waals surface area contributed by atoms with Crippen molar-refractivity contribution in [2.24, 2.45) is 0 Å². The number of nitrogens with zero attached hydrogens (tertiary/aromatic N) is 1. The molecule has 1 aromatic rings. The Labute approximate surface area is 128 Å². The van der Waals surface area contributed by atoms with Gasteiger partial charge in [-0.2, -0.15) is 0 Å². The van der Waals surface area contributed by atoms with Crippen LogP contribution in [-0.4, -0.2) is 41.5 Å². The molecule has 0 bridgehead atoms. The highest BCUT2D eigenvalue weighted by atomic mass is 32.2. The van der Waals surface area contributed by atoms with Crippen molar-refractivity contribution in [1.82, 2.24) is 5.32 Å². The SMILES string of the molecule is CC(NCC(C)S(C)=O)c1cccc(N2CCOC2=O)c1. The van der Waals surface area contributed by atoms with Crippen molar-refractivity contribution in [2.75, 3.05) is 30.9 Å². The predicted molar refractivity (Wildman–Crippen MR) is 85.1 cm³/mol. The third-order valence-electron chi connectivity index (χ3n) is 3.72. The first kappa shape index (κ1) is 16.0. The maximum atomic E-state index is 11.6.